The van der Waals surface area contributed by atoms with E-state index in [0.29, 0.717) is 0 Å². The van der Waals surface area contributed by atoms with E-state index in [1.54, 1.807) is 25.7 Å². The Bertz CT molecular complexity index is 155. The molecule has 0 amide bonds. The Balaban J connectivity index is 1.72. The van der Waals surface area contributed by atoms with Crippen molar-refractivity contribution in [2.24, 2.45) is 17.8 Å². The molecule has 14 heavy (non-hydrogen) atoms. The fourth-order valence-corrected chi connectivity index (χ4v) is 3.67. The van der Waals surface area contributed by atoms with E-state index in [2.05, 4.69) is 6.92 Å². The van der Waals surface area contributed by atoms with Gasteiger partial charge in [-0.15, -0.1) is 0 Å². The molecular weight excluding hydrogens is 168 g/mol. The Hall–Kier alpha value is 0. The topological polar surface area (TPSA) is 0 Å². The fraction of sp³-hybridized carbons (Fsp3) is 1.00. The minimum Gasteiger partial charge on any atom is -0.0625 e. The zero-order valence-corrected chi connectivity index (χ0v) is 9.80. The van der Waals surface area contributed by atoms with Crippen LogP contribution in [0.3, 0.4) is 0 Å². The molecule has 0 spiro atoms. The Kier molecular flexibility index (Phi) is 3.89. The summed E-state index contributed by atoms with van der Waals surface area (Å²) >= 11 is 0. The van der Waals surface area contributed by atoms with Gasteiger partial charge in [-0.1, -0.05) is 58.3 Å². The molecule has 2 aliphatic carbocycles. The van der Waals surface area contributed by atoms with Crippen molar-refractivity contribution >= 4 is 0 Å². The van der Waals surface area contributed by atoms with Gasteiger partial charge in [0, 0.05) is 0 Å². The van der Waals surface area contributed by atoms with Crippen LogP contribution < -0.4 is 0 Å². The summed E-state index contributed by atoms with van der Waals surface area (Å²) in [6.07, 6.45) is 15.3. The molecule has 0 heterocycles. The van der Waals surface area contributed by atoms with E-state index in [1.807, 2.05) is 0 Å². The van der Waals surface area contributed by atoms with Crippen LogP contribution in [0.2, 0.25) is 0 Å². The summed E-state index contributed by atoms with van der Waals surface area (Å²) in [7, 11) is 0. The SMILES string of the molecule is C[C@@H]1CCC[C@@H](CC2CCCCC2)C1. The van der Waals surface area contributed by atoms with Gasteiger partial charge in [-0.3, -0.25) is 0 Å². The lowest BCUT2D eigenvalue weighted by Gasteiger charge is -2.31. The molecule has 2 aliphatic rings. The van der Waals surface area contributed by atoms with Crippen LogP contribution >= 0.6 is 0 Å². The third-order valence-corrected chi connectivity index (χ3v) is 4.44. The maximum Gasteiger partial charge on any atom is -0.0409 e. The lowest BCUT2D eigenvalue weighted by atomic mass is 9.75. The van der Waals surface area contributed by atoms with E-state index in [0.717, 1.165) is 17.8 Å². The van der Waals surface area contributed by atoms with Gasteiger partial charge < -0.3 is 0 Å². The summed E-state index contributed by atoms with van der Waals surface area (Å²) in [6.45, 7) is 2.45. The summed E-state index contributed by atoms with van der Waals surface area (Å²) < 4.78 is 0. The van der Waals surface area contributed by atoms with Gasteiger partial charge in [-0.05, 0) is 30.6 Å². The van der Waals surface area contributed by atoms with Crippen LogP contribution in [0, 0.1) is 17.8 Å². The second-order valence-electron chi connectivity index (χ2n) is 5.88. The van der Waals surface area contributed by atoms with Crippen molar-refractivity contribution in [1.29, 1.82) is 0 Å². The van der Waals surface area contributed by atoms with E-state index >= 15 is 0 Å². The lowest BCUT2D eigenvalue weighted by Crippen LogP contribution is -2.18. The van der Waals surface area contributed by atoms with Crippen molar-refractivity contribution in [3.8, 4) is 0 Å². The average Bonchev–Trinajstić information content (AvgIpc) is 2.19. The number of hydrogen-bond donors (Lipinski definition) is 0. The zero-order chi connectivity index (χ0) is 9.80. The van der Waals surface area contributed by atoms with Crippen molar-refractivity contribution in [1.82, 2.24) is 0 Å². The molecule has 0 saturated heterocycles. The summed E-state index contributed by atoms with van der Waals surface area (Å²) in [4.78, 5) is 0. The van der Waals surface area contributed by atoms with E-state index < -0.39 is 0 Å². The van der Waals surface area contributed by atoms with Crippen molar-refractivity contribution in [2.45, 2.75) is 71.1 Å². The molecule has 0 nitrogen and oxygen atoms in total. The molecule has 0 unspecified atom stereocenters. The van der Waals surface area contributed by atoms with Gasteiger partial charge in [0.25, 0.3) is 0 Å². The first-order valence-corrected chi connectivity index (χ1v) is 6.84. The van der Waals surface area contributed by atoms with Gasteiger partial charge in [0.05, 0.1) is 0 Å². The van der Waals surface area contributed by atoms with Gasteiger partial charge in [-0.25, -0.2) is 0 Å². The largest absolute Gasteiger partial charge is 0.0625 e. The monoisotopic (exact) mass is 194 g/mol. The second-order valence-corrected chi connectivity index (χ2v) is 5.88. The highest BCUT2D eigenvalue weighted by atomic mass is 14.3. The highest BCUT2D eigenvalue weighted by Crippen LogP contribution is 2.36. The van der Waals surface area contributed by atoms with Gasteiger partial charge in [-0.2, -0.15) is 0 Å². The van der Waals surface area contributed by atoms with Crippen LogP contribution in [-0.4, -0.2) is 0 Å². The molecule has 0 radical (unpaired) electrons. The molecule has 0 bridgehead atoms. The molecule has 0 heteroatoms. The molecule has 0 aliphatic heterocycles. The normalized spacial score (nSPS) is 35.8. The maximum atomic E-state index is 2.45. The first kappa shape index (κ1) is 10.5. The molecule has 0 N–H and O–H groups in total. The molecule has 0 aromatic heterocycles. The minimum absolute atomic E-state index is 1.03. The van der Waals surface area contributed by atoms with Crippen LogP contribution in [0.4, 0.5) is 0 Å². The predicted octanol–water partition coefficient (Wildman–Crippen LogP) is 4.78. The van der Waals surface area contributed by atoms with Gasteiger partial charge in [0.1, 0.15) is 0 Å². The van der Waals surface area contributed by atoms with Crippen molar-refractivity contribution in [3.63, 3.8) is 0 Å². The van der Waals surface area contributed by atoms with E-state index in [4.69, 9.17) is 0 Å². The molecule has 0 aromatic carbocycles. The van der Waals surface area contributed by atoms with Crippen molar-refractivity contribution < 1.29 is 0 Å². The van der Waals surface area contributed by atoms with Crippen molar-refractivity contribution in [2.75, 3.05) is 0 Å². The Labute approximate surface area is 89.5 Å². The Morgan fingerprint density at radius 1 is 0.786 bits per heavy atom. The van der Waals surface area contributed by atoms with Crippen LogP contribution in [0.15, 0.2) is 0 Å². The Morgan fingerprint density at radius 3 is 2.21 bits per heavy atom. The predicted molar refractivity (Wildman–Crippen MR) is 62.3 cm³/mol. The van der Waals surface area contributed by atoms with Crippen molar-refractivity contribution in [3.05, 3.63) is 0 Å². The smallest absolute Gasteiger partial charge is 0.0409 e. The maximum absolute atomic E-state index is 2.45. The summed E-state index contributed by atoms with van der Waals surface area (Å²) in [6, 6.07) is 0. The van der Waals surface area contributed by atoms with Gasteiger partial charge in [0.2, 0.25) is 0 Å². The van der Waals surface area contributed by atoms with Crippen LogP contribution in [-0.2, 0) is 0 Å². The summed E-state index contributed by atoms with van der Waals surface area (Å²) in [5.41, 5.74) is 0. The molecule has 2 saturated carbocycles. The summed E-state index contributed by atoms with van der Waals surface area (Å²) in [5.74, 6) is 3.23. The quantitative estimate of drug-likeness (QED) is 0.593. The average molecular weight is 194 g/mol. The highest BCUT2D eigenvalue weighted by molar-refractivity contribution is 4.75. The molecule has 82 valence electrons. The zero-order valence-electron chi connectivity index (χ0n) is 9.80. The first-order chi connectivity index (χ1) is 6.84. The first-order valence-electron chi connectivity index (χ1n) is 6.84. The van der Waals surface area contributed by atoms with E-state index in [-0.39, 0.29) is 0 Å². The van der Waals surface area contributed by atoms with E-state index in [1.165, 1.54) is 38.5 Å². The van der Waals surface area contributed by atoms with Crippen LogP contribution in [0.25, 0.3) is 0 Å². The van der Waals surface area contributed by atoms with Gasteiger partial charge >= 0.3 is 0 Å². The van der Waals surface area contributed by atoms with E-state index in [9.17, 15) is 0 Å². The summed E-state index contributed by atoms with van der Waals surface area (Å²) in [5, 5.41) is 0. The highest BCUT2D eigenvalue weighted by Gasteiger charge is 2.23. The standard InChI is InChI=1S/C14H26/c1-12-6-5-9-14(10-12)11-13-7-3-2-4-8-13/h12-14H,2-11H2,1H3/t12-,14-/m1/s1. The molecule has 0 aromatic rings. The number of hydrogen-bond acceptors (Lipinski definition) is 0. The molecule has 2 atom stereocenters. The Morgan fingerprint density at radius 2 is 1.50 bits per heavy atom. The third kappa shape index (κ3) is 3.00. The third-order valence-electron chi connectivity index (χ3n) is 4.44. The number of rotatable bonds is 2. The second kappa shape index (κ2) is 5.19. The minimum atomic E-state index is 1.03. The lowest BCUT2D eigenvalue weighted by molar-refractivity contribution is 0.212. The van der Waals surface area contributed by atoms with Crippen LogP contribution in [0.1, 0.15) is 71.1 Å². The fourth-order valence-electron chi connectivity index (χ4n) is 3.67. The molecule has 2 rings (SSSR count). The van der Waals surface area contributed by atoms with Gasteiger partial charge in [0.15, 0.2) is 0 Å². The van der Waals surface area contributed by atoms with Crippen LogP contribution in [0.5, 0.6) is 0 Å². The molecular formula is C14H26. The molecule has 2 fully saturated rings.